The minimum atomic E-state index is 0.434. The van der Waals surface area contributed by atoms with Crippen LogP contribution < -0.4 is 10.1 Å². The summed E-state index contributed by atoms with van der Waals surface area (Å²) in [7, 11) is 1.70. The number of ether oxygens (including phenoxy) is 1. The van der Waals surface area contributed by atoms with Gasteiger partial charge in [-0.15, -0.1) is 0 Å². The van der Waals surface area contributed by atoms with E-state index >= 15 is 0 Å². The van der Waals surface area contributed by atoms with Crippen molar-refractivity contribution >= 4 is 11.8 Å². The zero-order valence-corrected chi connectivity index (χ0v) is 12.7. The van der Waals surface area contributed by atoms with Gasteiger partial charge in [-0.2, -0.15) is 11.8 Å². The third kappa shape index (κ3) is 5.32. The molecule has 0 fully saturated rings. The standard InChI is InChI=1S/C15H25NOS/c1-5-10-16-15(11-18-12(2)3)13-6-8-14(17-4)9-7-13/h6-9,12,15-16H,5,10-11H2,1-4H3. The van der Waals surface area contributed by atoms with E-state index in [9.17, 15) is 0 Å². The Morgan fingerprint density at radius 3 is 2.39 bits per heavy atom. The smallest absolute Gasteiger partial charge is 0.118 e. The maximum absolute atomic E-state index is 5.20. The first-order valence-corrected chi connectivity index (χ1v) is 7.71. The highest BCUT2D eigenvalue weighted by Crippen LogP contribution is 2.23. The second kappa shape index (κ2) is 8.44. The number of hydrogen-bond acceptors (Lipinski definition) is 3. The average Bonchev–Trinajstić information content (AvgIpc) is 2.39. The highest BCUT2D eigenvalue weighted by Gasteiger charge is 2.11. The van der Waals surface area contributed by atoms with Crippen LogP contribution in [0.15, 0.2) is 24.3 Å². The van der Waals surface area contributed by atoms with E-state index in [1.54, 1.807) is 7.11 Å². The molecule has 102 valence electrons. The Balaban J connectivity index is 2.66. The first-order chi connectivity index (χ1) is 8.67. The lowest BCUT2D eigenvalue weighted by atomic mass is 10.1. The van der Waals surface area contributed by atoms with E-state index in [4.69, 9.17) is 4.74 Å². The lowest BCUT2D eigenvalue weighted by Crippen LogP contribution is -2.24. The van der Waals surface area contributed by atoms with Gasteiger partial charge >= 0.3 is 0 Å². The molecule has 1 aromatic carbocycles. The van der Waals surface area contributed by atoms with Gasteiger partial charge in [0.2, 0.25) is 0 Å². The predicted octanol–water partition coefficient (Wildman–Crippen LogP) is 3.88. The van der Waals surface area contributed by atoms with Gasteiger partial charge in [-0.05, 0) is 35.9 Å². The second-order valence-corrected chi connectivity index (χ2v) is 6.27. The molecule has 0 aliphatic rings. The van der Waals surface area contributed by atoms with Crippen molar-refractivity contribution in [1.82, 2.24) is 5.32 Å². The molecule has 0 aliphatic carbocycles. The van der Waals surface area contributed by atoms with Crippen LogP contribution in [-0.2, 0) is 0 Å². The lowest BCUT2D eigenvalue weighted by molar-refractivity contribution is 0.414. The first kappa shape index (κ1) is 15.4. The Morgan fingerprint density at radius 1 is 1.22 bits per heavy atom. The van der Waals surface area contributed by atoms with Gasteiger partial charge in [0.05, 0.1) is 7.11 Å². The fourth-order valence-electron chi connectivity index (χ4n) is 1.72. The van der Waals surface area contributed by atoms with E-state index < -0.39 is 0 Å². The van der Waals surface area contributed by atoms with Crippen molar-refractivity contribution in [2.45, 2.75) is 38.5 Å². The van der Waals surface area contributed by atoms with Crippen molar-refractivity contribution in [3.8, 4) is 5.75 Å². The van der Waals surface area contributed by atoms with Crippen molar-refractivity contribution < 1.29 is 4.74 Å². The number of nitrogens with one attached hydrogen (secondary N) is 1. The molecule has 1 aromatic rings. The predicted molar refractivity (Wildman–Crippen MR) is 81.6 cm³/mol. The van der Waals surface area contributed by atoms with Crippen molar-refractivity contribution in [1.29, 1.82) is 0 Å². The number of thioether (sulfide) groups is 1. The van der Waals surface area contributed by atoms with Crippen LogP contribution in [0.2, 0.25) is 0 Å². The minimum absolute atomic E-state index is 0.434. The molecule has 1 atom stereocenters. The molecule has 3 heteroatoms. The van der Waals surface area contributed by atoms with Crippen LogP contribution in [0.25, 0.3) is 0 Å². The van der Waals surface area contributed by atoms with E-state index in [0.717, 1.165) is 18.0 Å². The zero-order chi connectivity index (χ0) is 13.4. The summed E-state index contributed by atoms with van der Waals surface area (Å²) in [5.41, 5.74) is 1.34. The van der Waals surface area contributed by atoms with Gasteiger partial charge in [0.15, 0.2) is 0 Å². The number of methoxy groups -OCH3 is 1. The molecule has 0 saturated heterocycles. The third-order valence-electron chi connectivity index (χ3n) is 2.76. The zero-order valence-electron chi connectivity index (χ0n) is 11.9. The van der Waals surface area contributed by atoms with Gasteiger partial charge in [0.1, 0.15) is 5.75 Å². The summed E-state index contributed by atoms with van der Waals surface area (Å²) in [6, 6.07) is 8.83. The van der Waals surface area contributed by atoms with Crippen LogP contribution in [0.3, 0.4) is 0 Å². The molecule has 0 radical (unpaired) electrons. The molecule has 0 aromatic heterocycles. The number of hydrogen-bond donors (Lipinski definition) is 1. The highest BCUT2D eigenvalue weighted by molar-refractivity contribution is 7.99. The maximum atomic E-state index is 5.20. The van der Waals surface area contributed by atoms with Crippen molar-refractivity contribution in [3.05, 3.63) is 29.8 Å². The third-order valence-corrected chi connectivity index (χ3v) is 3.95. The molecule has 0 saturated carbocycles. The van der Waals surface area contributed by atoms with Gasteiger partial charge < -0.3 is 10.1 Å². The fourth-order valence-corrected chi connectivity index (χ4v) is 2.60. The summed E-state index contributed by atoms with van der Waals surface area (Å²) in [6.07, 6.45) is 1.17. The lowest BCUT2D eigenvalue weighted by Gasteiger charge is -2.20. The summed E-state index contributed by atoms with van der Waals surface area (Å²) in [4.78, 5) is 0. The van der Waals surface area contributed by atoms with Gasteiger partial charge in [-0.1, -0.05) is 32.9 Å². The summed E-state index contributed by atoms with van der Waals surface area (Å²) in [5, 5.41) is 4.29. The first-order valence-electron chi connectivity index (χ1n) is 6.66. The number of rotatable bonds is 8. The van der Waals surface area contributed by atoms with Crippen molar-refractivity contribution in [2.24, 2.45) is 0 Å². The molecule has 0 aliphatic heterocycles. The van der Waals surface area contributed by atoms with Crippen LogP contribution >= 0.6 is 11.8 Å². The fraction of sp³-hybridized carbons (Fsp3) is 0.600. The molecular weight excluding hydrogens is 242 g/mol. The molecule has 0 bridgehead atoms. The quantitative estimate of drug-likeness (QED) is 0.772. The van der Waals surface area contributed by atoms with Gasteiger partial charge in [0, 0.05) is 11.8 Å². The van der Waals surface area contributed by atoms with Crippen LogP contribution in [-0.4, -0.2) is 24.7 Å². The molecule has 18 heavy (non-hydrogen) atoms. The van der Waals surface area contributed by atoms with Crippen molar-refractivity contribution in [3.63, 3.8) is 0 Å². The molecule has 0 heterocycles. The van der Waals surface area contributed by atoms with E-state index in [0.29, 0.717) is 11.3 Å². The summed E-state index contributed by atoms with van der Waals surface area (Å²) in [6.45, 7) is 7.76. The van der Waals surface area contributed by atoms with E-state index in [-0.39, 0.29) is 0 Å². The van der Waals surface area contributed by atoms with Gasteiger partial charge in [-0.25, -0.2) is 0 Å². The van der Waals surface area contributed by atoms with E-state index in [1.165, 1.54) is 12.0 Å². The van der Waals surface area contributed by atoms with E-state index in [2.05, 4.69) is 38.2 Å². The van der Waals surface area contributed by atoms with Crippen LogP contribution in [0.5, 0.6) is 5.75 Å². The molecule has 1 rings (SSSR count). The highest BCUT2D eigenvalue weighted by atomic mass is 32.2. The molecule has 1 unspecified atom stereocenters. The summed E-state index contributed by atoms with van der Waals surface area (Å²) in [5.74, 6) is 2.04. The van der Waals surface area contributed by atoms with E-state index in [1.807, 2.05) is 23.9 Å². The Bertz CT molecular complexity index is 324. The Kier molecular flexibility index (Phi) is 7.21. The second-order valence-electron chi connectivity index (χ2n) is 4.66. The molecular formula is C15H25NOS. The Labute approximate surface area is 116 Å². The Morgan fingerprint density at radius 2 is 1.89 bits per heavy atom. The monoisotopic (exact) mass is 267 g/mol. The summed E-state index contributed by atoms with van der Waals surface area (Å²) >= 11 is 2.00. The summed E-state index contributed by atoms with van der Waals surface area (Å²) < 4.78 is 5.20. The largest absolute Gasteiger partial charge is 0.497 e. The minimum Gasteiger partial charge on any atom is -0.497 e. The molecule has 0 amide bonds. The Hall–Kier alpha value is -0.670. The molecule has 1 N–H and O–H groups in total. The van der Waals surface area contributed by atoms with Crippen molar-refractivity contribution in [2.75, 3.05) is 19.4 Å². The normalized spacial score (nSPS) is 12.7. The van der Waals surface area contributed by atoms with Gasteiger partial charge in [-0.3, -0.25) is 0 Å². The van der Waals surface area contributed by atoms with Gasteiger partial charge in [0.25, 0.3) is 0 Å². The van der Waals surface area contributed by atoms with Crippen LogP contribution in [0.1, 0.15) is 38.8 Å². The average molecular weight is 267 g/mol. The van der Waals surface area contributed by atoms with Crippen LogP contribution in [0.4, 0.5) is 0 Å². The molecule has 2 nitrogen and oxygen atoms in total. The maximum Gasteiger partial charge on any atom is 0.118 e. The number of benzene rings is 1. The SMILES string of the molecule is CCCNC(CSC(C)C)c1ccc(OC)cc1. The topological polar surface area (TPSA) is 21.3 Å². The molecule has 0 spiro atoms. The van der Waals surface area contributed by atoms with Crippen LogP contribution in [0, 0.1) is 0 Å².